The number of aromatic nitrogens is 1. The zero-order valence-corrected chi connectivity index (χ0v) is 19.2. The lowest BCUT2D eigenvalue weighted by atomic mass is 9.95. The first-order valence-corrected chi connectivity index (χ1v) is 11.3. The average Bonchev–Trinajstić information content (AvgIpc) is 3.37. The Kier molecular flexibility index (Phi) is 5.55. The van der Waals surface area contributed by atoms with Crippen LogP contribution in [0.4, 0.5) is 9.52 Å². The Morgan fingerprint density at radius 1 is 1.12 bits per heavy atom. The summed E-state index contributed by atoms with van der Waals surface area (Å²) in [4.78, 5) is 32.2. The highest BCUT2D eigenvalue weighted by atomic mass is 35.5. The number of methoxy groups -OCH3 is 1. The first-order valence-electron chi connectivity index (χ1n) is 10.1. The molecular weight excluding hydrogens is 479 g/mol. The molecule has 1 N–H and O–H groups in total. The molecule has 1 atom stereocenters. The van der Waals surface area contributed by atoms with E-state index in [0.29, 0.717) is 32.1 Å². The predicted molar refractivity (Wildman–Crippen MR) is 129 cm³/mol. The number of carbonyl (C=O) groups excluding carboxylic acids is 2. The summed E-state index contributed by atoms with van der Waals surface area (Å²) in [6, 6.07) is 16.3. The highest BCUT2D eigenvalue weighted by Gasteiger charge is 2.48. The number of hydrogen-bond donors (Lipinski definition) is 1. The number of aliphatic hydroxyl groups is 1. The molecule has 0 saturated carbocycles. The molecule has 0 bridgehead atoms. The minimum absolute atomic E-state index is 0.0917. The van der Waals surface area contributed by atoms with Crippen molar-refractivity contribution in [1.29, 1.82) is 0 Å². The van der Waals surface area contributed by atoms with E-state index in [9.17, 15) is 19.1 Å². The number of nitrogens with zero attached hydrogens (tertiary/aromatic N) is 2. The molecule has 3 aromatic carbocycles. The number of hydrogen-bond acceptors (Lipinski definition) is 6. The van der Waals surface area contributed by atoms with Crippen molar-refractivity contribution < 1.29 is 23.8 Å². The van der Waals surface area contributed by atoms with Gasteiger partial charge in [0, 0.05) is 10.6 Å². The number of halogens is 2. The van der Waals surface area contributed by atoms with Gasteiger partial charge in [-0.15, -0.1) is 0 Å². The summed E-state index contributed by atoms with van der Waals surface area (Å²) in [6.45, 7) is 0. The summed E-state index contributed by atoms with van der Waals surface area (Å²) in [6.07, 6.45) is 0. The van der Waals surface area contributed by atoms with Gasteiger partial charge in [0.15, 0.2) is 5.13 Å². The van der Waals surface area contributed by atoms with Crippen molar-refractivity contribution >= 4 is 55.7 Å². The zero-order valence-electron chi connectivity index (χ0n) is 17.7. The topological polar surface area (TPSA) is 79.7 Å². The van der Waals surface area contributed by atoms with Crippen molar-refractivity contribution in [3.05, 3.63) is 94.3 Å². The maximum Gasteiger partial charge on any atom is 0.301 e. The van der Waals surface area contributed by atoms with Crippen LogP contribution in [0.1, 0.15) is 17.2 Å². The summed E-state index contributed by atoms with van der Waals surface area (Å²) in [5, 5.41) is 11.8. The quantitative estimate of drug-likeness (QED) is 0.223. The molecule has 1 saturated heterocycles. The van der Waals surface area contributed by atoms with Gasteiger partial charge in [0.2, 0.25) is 0 Å². The molecule has 9 heteroatoms. The number of Topliss-reactive ketones (excluding diaryl/α,β-unsaturated/α-hetero) is 1. The molecule has 2 heterocycles. The zero-order chi connectivity index (χ0) is 24.0. The van der Waals surface area contributed by atoms with Crippen LogP contribution in [-0.4, -0.2) is 28.9 Å². The van der Waals surface area contributed by atoms with Crippen molar-refractivity contribution in [3.63, 3.8) is 0 Å². The smallest absolute Gasteiger partial charge is 0.301 e. The van der Waals surface area contributed by atoms with Crippen molar-refractivity contribution in [2.45, 2.75) is 6.04 Å². The maximum absolute atomic E-state index is 13.8. The fourth-order valence-corrected chi connectivity index (χ4v) is 5.05. The van der Waals surface area contributed by atoms with E-state index in [1.807, 2.05) is 0 Å². The van der Waals surface area contributed by atoms with Crippen molar-refractivity contribution in [3.8, 4) is 5.75 Å². The van der Waals surface area contributed by atoms with Crippen LogP contribution in [0.2, 0.25) is 5.02 Å². The minimum Gasteiger partial charge on any atom is -0.507 e. The number of fused-ring (bicyclic) bond motifs is 1. The van der Waals surface area contributed by atoms with Gasteiger partial charge in [-0.05, 0) is 60.2 Å². The van der Waals surface area contributed by atoms with Gasteiger partial charge in [-0.1, -0.05) is 35.1 Å². The van der Waals surface area contributed by atoms with Crippen LogP contribution >= 0.6 is 22.9 Å². The highest BCUT2D eigenvalue weighted by Crippen LogP contribution is 2.44. The number of anilines is 1. The summed E-state index contributed by atoms with van der Waals surface area (Å²) in [7, 11) is 1.51. The number of benzene rings is 3. The van der Waals surface area contributed by atoms with E-state index >= 15 is 0 Å². The Morgan fingerprint density at radius 3 is 2.62 bits per heavy atom. The first-order chi connectivity index (χ1) is 16.4. The van der Waals surface area contributed by atoms with Crippen LogP contribution in [0.3, 0.4) is 0 Å². The van der Waals surface area contributed by atoms with Gasteiger partial charge in [0.05, 0.1) is 28.9 Å². The SMILES string of the molecule is COc1cccc([C@@H]2/C(=C(\O)c3ccc(Cl)cc3)C(=O)C(=O)N2c2nc3ccc(F)cc3s2)c1. The van der Waals surface area contributed by atoms with Crippen LogP contribution in [0.5, 0.6) is 5.75 Å². The normalized spacial score (nSPS) is 17.5. The Bertz CT molecular complexity index is 1480. The second-order valence-corrected chi connectivity index (χ2v) is 9.01. The second-order valence-electron chi connectivity index (χ2n) is 7.56. The molecule has 1 fully saturated rings. The van der Waals surface area contributed by atoms with Crippen molar-refractivity contribution in [2.24, 2.45) is 0 Å². The van der Waals surface area contributed by atoms with Gasteiger partial charge in [-0.2, -0.15) is 0 Å². The van der Waals surface area contributed by atoms with Crippen molar-refractivity contribution in [2.75, 3.05) is 12.0 Å². The number of ketones is 1. The molecule has 4 aromatic rings. The summed E-state index contributed by atoms with van der Waals surface area (Å²) < 4.78 is 19.6. The van der Waals surface area contributed by atoms with Gasteiger partial charge >= 0.3 is 5.91 Å². The van der Waals surface area contributed by atoms with Crippen molar-refractivity contribution in [1.82, 2.24) is 4.98 Å². The van der Waals surface area contributed by atoms with E-state index in [1.54, 1.807) is 48.5 Å². The number of ether oxygens (including phenoxy) is 1. The first kappa shape index (κ1) is 22.1. The van der Waals surface area contributed by atoms with Gasteiger partial charge in [0.25, 0.3) is 5.78 Å². The number of amides is 1. The molecule has 0 unspecified atom stereocenters. The molecule has 1 aliphatic rings. The largest absolute Gasteiger partial charge is 0.507 e. The molecule has 0 radical (unpaired) electrons. The Hall–Kier alpha value is -3.75. The molecular formula is C25H16ClFN2O4S. The fourth-order valence-electron chi connectivity index (χ4n) is 3.91. The van der Waals surface area contributed by atoms with E-state index in [4.69, 9.17) is 16.3 Å². The molecule has 170 valence electrons. The standard InChI is InChI=1S/C25H16ClFN2O4S/c1-33-17-4-2-3-14(11-17)21-20(22(30)13-5-7-15(26)8-6-13)23(31)24(32)29(21)25-28-18-10-9-16(27)12-19(18)34-25/h2-12,21,30H,1H3/b22-20+/t21-/m1/s1. The average molecular weight is 495 g/mol. The van der Waals surface area contributed by atoms with Crippen LogP contribution in [0, 0.1) is 5.82 Å². The third-order valence-corrected chi connectivity index (χ3v) is 6.79. The monoisotopic (exact) mass is 494 g/mol. The van der Waals surface area contributed by atoms with Gasteiger partial charge in [-0.3, -0.25) is 14.5 Å². The third kappa shape index (κ3) is 3.70. The number of thiazole rings is 1. The van der Waals surface area contributed by atoms with Crippen LogP contribution in [-0.2, 0) is 9.59 Å². The molecule has 1 aromatic heterocycles. The lowest BCUT2D eigenvalue weighted by molar-refractivity contribution is -0.132. The predicted octanol–water partition coefficient (Wildman–Crippen LogP) is 5.72. The van der Waals surface area contributed by atoms with Crippen LogP contribution in [0.25, 0.3) is 16.0 Å². The third-order valence-electron chi connectivity index (χ3n) is 5.52. The maximum atomic E-state index is 13.8. The van der Waals surface area contributed by atoms with E-state index in [-0.39, 0.29) is 16.5 Å². The number of aliphatic hydroxyl groups excluding tert-OH is 1. The van der Waals surface area contributed by atoms with Gasteiger partial charge in [0.1, 0.15) is 17.3 Å². The second kappa shape index (κ2) is 8.55. The lowest BCUT2D eigenvalue weighted by Gasteiger charge is -2.23. The van der Waals surface area contributed by atoms with Crippen LogP contribution in [0.15, 0.2) is 72.3 Å². The molecule has 0 spiro atoms. The molecule has 5 rings (SSSR count). The molecule has 1 amide bonds. The lowest BCUT2D eigenvalue weighted by Crippen LogP contribution is -2.29. The van der Waals surface area contributed by atoms with Gasteiger partial charge < -0.3 is 9.84 Å². The summed E-state index contributed by atoms with van der Waals surface area (Å²) in [5.41, 5.74) is 1.28. The molecule has 1 aliphatic heterocycles. The summed E-state index contributed by atoms with van der Waals surface area (Å²) >= 11 is 7.05. The van der Waals surface area contributed by atoms with E-state index in [0.717, 1.165) is 11.3 Å². The molecule has 0 aliphatic carbocycles. The van der Waals surface area contributed by atoms with Crippen LogP contribution < -0.4 is 9.64 Å². The minimum atomic E-state index is -0.976. The Morgan fingerprint density at radius 2 is 1.88 bits per heavy atom. The number of carbonyl (C=O) groups is 2. The summed E-state index contributed by atoms with van der Waals surface area (Å²) in [5.74, 6) is -1.95. The highest BCUT2D eigenvalue weighted by molar-refractivity contribution is 7.22. The van der Waals surface area contributed by atoms with E-state index in [2.05, 4.69) is 4.98 Å². The van der Waals surface area contributed by atoms with E-state index in [1.165, 1.54) is 30.2 Å². The number of rotatable bonds is 4. The van der Waals surface area contributed by atoms with E-state index < -0.39 is 23.5 Å². The van der Waals surface area contributed by atoms with Gasteiger partial charge in [-0.25, -0.2) is 9.37 Å². The molecule has 34 heavy (non-hydrogen) atoms. The fraction of sp³-hybridized carbons (Fsp3) is 0.0800. The Labute approximate surface area is 202 Å². The Balaban J connectivity index is 1.74. The molecule has 6 nitrogen and oxygen atoms in total.